The van der Waals surface area contributed by atoms with Gasteiger partial charge in [0, 0.05) is 0 Å². The van der Waals surface area contributed by atoms with Crippen LogP contribution in [0, 0.1) is 5.63 Å². The van der Waals surface area contributed by atoms with Gasteiger partial charge in [-0.05, 0) is 0 Å². The Hall–Kier alpha value is -1.55. The van der Waals surface area contributed by atoms with Crippen molar-refractivity contribution in [3.8, 4) is 16.8 Å². The summed E-state index contributed by atoms with van der Waals surface area (Å²) in [5, 5.41) is 0. The molecule has 1 nitrogen and oxygen atoms in total. The SMILES string of the molecule is O=P#CCc1ccccc1-c1ccccc1. The van der Waals surface area contributed by atoms with Gasteiger partial charge in [0.05, 0.1) is 0 Å². The maximum absolute atomic E-state index is 10.4. The van der Waals surface area contributed by atoms with E-state index in [0.717, 1.165) is 5.56 Å². The Kier molecular flexibility index (Phi) is 3.77. The Bertz CT molecular complexity index is 570. The van der Waals surface area contributed by atoms with Crippen LogP contribution in [0.25, 0.3) is 11.1 Å². The summed E-state index contributed by atoms with van der Waals surface area (Å²) in [6.07, 6.45) is 0.607. The van der Waals surface area contributed by atoms with Crippen LogP contribution < -0.4 is 0 Å². The van der Waals surface area contributed by atoms with Gasteiger partial charge < -0.3 is 0 Å². The zero-order valence-electron chi connectivity index (χ0n) is 8.76. The fourth-order valence-electron chi connectivity index (χ4n) is 1.69. The van der Waals surface area contributed by atoms with Gasteiger partial charge in [-0.1, -0.05) is 0 Å². The molecule has 0 aliphatic carbocycles. The van der Waals surface area contributed by atoms with Crippen LogP contribution in [0.3, 0.4) is 0 Å². The van der Waals surface area contributed by atoms with E-state index in [0.29, 0.717) is 6.42 Å². The Morgan fingerprint density at radius 1 is 0.938 bits per heavy atom. The zero-order valence-corrected chi connectivity index (χ0v) is 9.65. The molecule has 0 aliphatic heterocycles. The van der Waals surface area contributed by atoms with Crippen LogP contribution in [0.2, 0.25) is 0 Å². The molecule has 0 unspecified atom stereocenters. The van der Waals surface area contributed by atoms with Gasteiger partial charge in [-0.25, -0.2) is 0 Å². The van der Waals surface area contributed by atoms with Crippen molar-refractivity contribution in [1.29, 1.82) is 0 Å². The van der Waals surface area contributed by atoms with Crippen molar-refractivity contribution in [3.63, 3.8) is 0 Å². The van der Waals surface area contributed by atoms with Gasteiger partial charge in [-0.3, -0.25) is 0 Å². The molecule has 0 fully saturated rings. The monoisotopic (exact) mass is 226 g/mol. The van der Waals surface area contributed by atoms with E-state index in [1.54, 1.807) is 0 Å². The van der Waals surface area contributed by atoms with Crippen LogP contribution in [0.1, 0.15) is 5.56 Å². The minimum atomic E-state index is -0.0311. The first-order valence-corrected chi connectivity index (χ1v) is 5.91. The van der Waals surface area contributed by atoms with E-state index < -0.39 is 0 Å². The Morgan fingerprint density at radius 2 is 1.62 bits per heavy atom. The van der Waals surface area contributed by atoms with Gasteiger partial charge in [-0.15, -0.1) is 0 Å². The standard InChI is InChI=1S/C14H11OP/c15-16-11-10-13-8-4-5-9-14(13)12-6-2-1-3-7-12/h1-9H,10H2. The predicted molar refractivity (Wildman–Crippen MR) is 67.1 cm³/mol. The summed E-state index contributed by atoms with van der Waals surface area (Å²) in [5.41, 5.74) is 6.30. The summed E-state index contributed by atoms with van der Waals surface area (Å²) < 4.78 is 10.4. The molecule has 2 heteroatoms. The third-order valence-electron chi connectivity index (χ3n) is 2.44. The van der Waals surface area contributed by atoms with Crippen molar-refractivity contribution in [2.75, 3.05) is 0 Å². The van der Waals surface area contributed by atoms with Crippen LogP contribution in [0.5, 0.6) is 0 Å². The molecule has 0 atom stereocenters. The summed E-state index contributed by atoms with van der Waals surface area (Å²) in [5.74, 6) is 0. The van der Waals surface area contributed by atoms with E-state index in [-0.39, 0.29) is 7.92 Å². The molecule has 16 heavy (non-hydrogen) atoms. The van der Waals surface area contributed by atoms with Crippen molar-refractivity contribution < 1.29 is 4.57 Å². The van der Waals surface area contributed by atoms with Crippen LogP contribution >= 0.6 is 7.92 Å². The molecular weight excluding hydrogens is 215 g/mol. The molecule has 0 spiro atoms. The second-order valence-corrected chi connectivity index (χ2v) is 3.95. The fraction of sp³-hybridized carbons (Fsp3) is 0.0714. The summed E-state index contributed by atoms with van der Waals surface area (Å²) in [7, 11) is -0.0311. The van der Waals surface area contributed by atoms with E-state index in [1.165, 1.54) is 11.1 Å². The fourth-order valence-corrected chi connectivity index (χ4v) is 1.93. The number of hydrogen-bond acceptors (Lipinski definition) is 1. The van der Waals surface area contributed by atoms with Crippen molar-refractivity contribution in [1.82, 2.24) is 0 Å². The summed E-state index contributed by atoms with van der Waals surface area (Å²) in [4.78, 5) is 0. The van der Waals surface area contributed by atoms with E-state index in [9.17, 15) is 4.57 Å². The Morgan fingerprint density at radius 3 is 2.38 bits per heavy atom. The molecule has 78 valence electrons. The molecule has 0 amide bonds. The van der Waals surface area contributed by atoms with Crippen LogP contribution in [-0.4, -0.2) is 0 Å². The van der Waals surface area contributed by atoms with Crippen molar-refractivity contribution in [2.24, 2.45) is 0 Å². The first-order valence-electron chi connectivity index (χ1n) is 5.10. The zero-order chi connectivity index (χ0) is 11.2. The number of rotatable bonds is 2. The summed E-state index contributed by atoms with van der Waals surface area (Å²) in [6.45, 7) is 0. The number of hydrogen-bond donors (Lipinski definition) is 0. The first-order chi connectivity index (χ1) is 7.92. The molecule has 2 rings (SSSR count). The minimum absolute atomic E-state index is 0.0311. The number of benzene rings is 2. The third-order valence-corrected chi connectivity index (χ3v) is 2.72. The first kappa shape index (κ1) is 11.0. The van der Waals surface area contributed by atoms with Crippen molar-refractivity contribution in [2.45, 2.75) is 6.42 Å². The Labute approximate surface area is 96.3 Å². The van der Waals surface area contributed by atoms with E-state index in [1.807, 2.05) is 36.4 Å². The van der Waals surface area contributed by atoms with E-state index in [4.69, 9.17) is 0 Å². The van der Waals surface area contributed by atoms with Crippen LogP contribution in [0.15, 0.2) is 54.6 Å². The van der Waals surface area contributed by atoms with Gasteiger partial charge in [0.25, 0.3) is 0 Å². The average Bonchev–Trinajstić information content (AvgIpc) is 2.38. The molecule has 0 aliphatic rings. The van der Waals surface area contributed by atoms with E-state index >= 15 is 0 Å². The molecule has 2 aromatic rings. The topological polar surface area (TPSA) is 17.1 Å². The van der Waals surface area contributed by atoms with Gasteiger partial charge >= 0.3 is 95.8 Å². The van der Waals surface area contributed by atoms with Gasteiger partial charge in [-0.2, -0.15) is 0 Å². The maximum atomic E-state index is 10.4. The van der Waals surface area contributed by atoms with Crippen LogP contribution in [0.4, 0.5) is 0 Å². The van der Waals surface area contributed by atoms with Crippen molar-refractivity contribution >= 4 is 7.92 Å². The van der Waals surface area contributed by atoms with Gasteiger partial charge in [0.15, 0.2) is 0 Å². The molecular formula is C14H11OP. The van der Waals surface area contributed by atoms with E-state index in [2.05, 4.69) is 23.8 Å². The summed E-state index contributed by atoms with van der Waals surface area (Å²) >= 11 is 0. The third kappa shape index (κ3) is 2.52. The molecule has 0 saturated carbocycles. The normalized spacial score (nSPS) is 9.50. The van der Waals surface area contributed by atoms with Gasteiger partial charge in [0.1, 0.15) is 0 Å². The van der Waals surface area contributed by atoms with Crippen LogP contribution in [-0.2, 0) is 11.0 Å². The predicted octanol–water partition coefficient (Wildman–Crippen LogP) is 4.15. The van der Waals surface area contributed by atoms with Gasteiger partial charge in [0.2, 0.25) is 0 Å². The molecule has 0 radical (unpaired) electrons. The Balaban J connectivity index is 2.47. The second-order valence-electron chi connectivity index (χ2n) is 3.45. The molecule has 0 heterocycles. The molecule has 0 N–H and O–H groups in total. The molecule has 0 saturated heterocycles. The molecule has 0 bridgehead atoms. The average molecular weight is 226 g/mol. The second kappa shape index (κ2) is 5.51. The molecule has 0 aromatic heterocycles. The molecule has 2 aromatic carbocycles. The van der Waals surface area contributed by atoms with Crippen molar-refractivity contribution in [3.05, 3.63) is 60.2 Å². The summed E-state index contributed by atoms with van der Waals surface area (Å²) in [6, 6.07) is 18.3. The quantitative estimate of drug-likeness (QED) is 0.703.